The Bertz CT molecular complexity index is 480. The van der Waals surface area contributed by atoms with E-state index in [1.54, 1.807) is 5.57 Å². The molecule has 1 atom stereocenters. The molecule has 1 nitrogen and oxygen atoms in total. The summed E-state index contributed by atoms with van der Waals surface area (Å²) in [5, 5.41) is 8.83. The second-order valence-electron chi connectivity index (χ2n) is 6.17. The topological polar surface area (TPSA) is 23.8 Å². The largest absolute Gasteiger partial charge is 0.192 e. The lowest BCUT2D eigenvalue weighted by atomic mass is 9.76. The predicted octanol–water partition coefficient (Wildman–Crippen LogP) is 4.80. The summed E-state index contributed by atoms with van der Waals surface area (Å²) >= 11 is 0. The molecule has 0 amide bonds. The zero-order chi connectivity index (χ0) is 13.2. The molecule has 0 aliphatic heterocycles. The first kappa shape index (κ1) is 12.9. The van der Waals surface area contributed by atoms with Crippen LogP contribution in [-0.4, -0.2) is 0 Å². The van der Waals surface area contributed by atoms with Crippen molar-refractivity contribution in [2.24, 2.45) is 5.41 Å². The molecule has 0 N–H and O–H groups in total. The summed E-state index contributed by atoms with van der Waals surface area (Å²) in [6, 6.07) is 10.2. The normalized spacial score (nSPS) is 20.1. The van der Waals surface area contributed by atoms with Crippen molar-refractivity contribution < 1.29 is 0 Å². The van der Waals surface area contributed by atoms with Crippen molar-refractivity contribution in [3.63, 3.8) is 0 Å². The number of hydrogen-bond acceptors (Lipinski definition) is 1. The van der Waals surface area contributed by atoms with Gasteiger partial charge in [-0.05, 0) is 42.4 Å². The average molecular weight is 239 g/mol. The van der Waals surface area contributed by atoms with E-state index in [-0.39, 0.29) is 5.41 Å². The van der Waals surface area contributed by atoms with Gasteiger partial charge in [-0.25, -0.2) is 0 Å². The van der Waals surface area contributed by atoms with Gasteiger partial charge in [0.1, 0.15) is 0 Å². The van der Waals surface area contributed by atoms with Gasteiger partial charge in [-0.2, -0.15) is 5.26 Å². The average Bonchev–Trinajstić information content (AvgIpc) is 2.38. The molecule has 1 aromatic rings. The van der Waals surface area contributed by atoms with Crippen molar-refractivity contribution in [2.45, 2.75) is 46.0 Å². The summed E-state index contributed by atoms with van der Waals surface area (Å²) in [6.45, 7) is 6.87. The molecule has 18 heavy (non-hydrogen) atoms. The number of benzene rings is 1. The van der Waals surface area contributed by atoms with Gasteiger partial charge >= 0.3 is 0 Å². The fourth-order valence-corrected chi connectivity index (χ4v) is 2.61. The van der Waals surface area contributed by atoms with E-state index in [1.165, 1.54) is 24.8 Å². The molecular formula is C17H21N. The third kappa shape index (κ3) is 2.82. The van der Waals surface area contributed by atoms with Crippen LogP contribution in [0.15, 0.2) is 35.9 Å². The molecule has 1 aliphatic carbocycles. The number of rotatable bonds is 1. The maximum absolute atomic E-state index is 8.83. The molecule has 0 fully saturated rings. The highest BCUT2D eigenvalue weighted by Crippen LogP contribution is 2.38. The third-order valence-electron chi connectivity index (χ3n) is 3.79. The Labute approximate surface area is 110 Å². The minimum absolute atomic E-state index is 0.283. The molecule has 0 saturated carbocycles. The number of nitriles is 1. The van der Waals surface area contributed by atoms with Crippen LogP contribution in [0.5, 0.6) is 0 Å². The van der Waals surface area contributed by atoms with Crippen LogP contribution in [0.1, 0.15) is 57.1 Å². The van der Waals surface area contributed by atoms with Gasteiger partial charge in [0, 0.05) is 5.92 Å². The van der Waals surface area contributed by atoms with Crippen molar-refractivity contribution in [1.82, 2.24) is 0 Å². The quantitative estimate of drug-likeness (QED) is 0.646. The molecule has 94 valence electrons. The van der Waals surface area contributed by atoms with Crippen LogP contribution in [0, 0.1) is 16.7 Å². The molecule has 0 heterocycles. The smallest absolute Gasteiger partial charge is 0.0991 e. The van der Waals surface area contributed by atoms with E-state index in [9.17, 15) is 0 Å². The molecule has 2 rings (SSSR count). The van der Waals surface area contributed by atoms with Crippen molar-refractivity contribution in [1.29, 1.82) is 5.26 Å². The van der Waals surface area contributed by atoms with Crippen LogP contribution in [0.4, 0.5) is 0 Å². The Hall–Kier alpha value is -1.55. The lowest BCUT2D eigenvalue weighted by molar-refractivity contribution is 0.450. The Kier molecular flexibility index (Phi) is 3.57. The number of hydrogen-bond donors (Lipinski definition) is 0. The lowest BCUT2D eigenvalue weighted by Gasteiger charge is -2.30. The Morgan fingerprint density at radius 2 is 1.83 bits per heavy atom. The van der Waals surface area contributed by atoms with E-state index in [4.69, 9.17) is 5.26 Å². The van der Waals surface area contributed by atoms with Crippen LogP contribution in [-0.2, 0) is 0 Å². The van der Waals surface area contributed by atoms with Crippen molar-refractivity contribution >= 4 is 0 Å². The molecule has 0 saturated heterocycles. The molecule has 0 aromatic heterocycles. The highest BCUT2D eigenvalue weighted by molar-refractivity contribution is 5.35. The summed E-state index contributed by atoms with van der Waals surface area (Å²) in [6.07, 6.45) is 6.18. The van der Waals surface area contributed by atoms with Gasteiger partial charge in [-0.15, -0.1) is 0 Å². The van der Waals surface area contributed by atoms with Crippen LogP contribution < -0.4 is 0 Å². The van der Waals surface area contributed by atoms with E-state index in [2.05, 4.69) is 45.0 Å². The number of allylic oxidation sites excluding steroid dienone is 2. The highest BCUT2D eigenvalue weighted by atomic mass is 14.3. The predicted molar refractivity (Wildman–Crippen MR) is 75.3 cm³/mol. The van der Waals surface area contributed by atoms with Crippen LogP contribution >= 0.6 is 0 Å². The van der Waals surface area contributed by atoms with Crippen LogP contribution in [0.2, 0.25) is 0 Å². The molecular weight excluding hydrogens is 218 g/mol. The van der Waals surface area contributed by atoms with E-state index in [0.29, 0.717) is 5.92 Å². The zero-order valence-corrected chi connectivity index (χ0v) is 11.5. The van der Waals surface area contributed by atoms with Gasteiger partial charge in [0.2, 0.25) is 0 Å². The fourth-order valence-electron chi connectivity index (χ4n) is 2.61. The first-order chi connectivity index (χ1) is 8.50. The van der Waals surface area contributed by atoms with Gasteiger partial charge < -0.3 is 0 Å². The van der Waals surface area contributed by atoms with Gasteiger partial charge in [-0.3, -0.25) is 0 Å². The molecule has 0 radical (unpaired) electrons. The van der Waals surface area contributed by atoms with Gasteiger partial charge in [0.05, 0.1) is 11.6 Å². The summed E-state index contributed by atoms with van der Waals surface area (Å²) in [4.78, 5) is 0. The van der Waals surface area contributed by atoms with Gasteiger partial charge in [-0.1, -0.05) is 44.6 Å². The maximum Gasteiger partial charge on any atom is 0.0991 e. The minimum atomic E-state index is 0.283. The molecule has 0 bridgehead atoms. The van der Waals surface area contributed by atoms with Crippen molar-refractivity contribution in [3.8, 4) is 6.07 Å². The summed E-state index contributed by atoms with van der Waals surface area (Å²) in [5.74, 6) is 0.528. The van der Waals surface area contributed by atoms with Crippen LogP contribution in [0.3, 0.4) is 0 Å². The van der Waals surface area contributed by atoms with E-state index < -0.39 is 0 Å². The highest BCUT2D eigenvalue weighted by Gasteiger charge is 2.23. The van der Waals surface area contributed by atoms with Gasteiger partial charge in [0.25, 0.3) is 0 Å². The Morgan fingerprint density at radius 3 is 2.39 bits per heavy atom. The molecule has 1 heteroatoms. The molecule has 1 aromatic carbocycles. The van der Waals surface area contributed by atoms with Crippen molar-refractivity contribution in [3.05, 3.63) is 47.0 Å². The SMILES string of the molecule is CC(C)(C)C1=CC(c2ccc(C#N)cc2)CCC1. The Morgan fingerprint density at radius 1 is 1.17 bits per heavy atom. The fraction of sp³-hybridized carbons (Fsp3) is 0.471. The second kappa shape index (κ2) is 4.98. The summed E-state index contributed by atoms with van der Waals surface area (Å²) < 4.78 is 0. The standard InChI is InChI=1S/C17H21N/c1-17(2,3)16-6-4-5-15(11-16)14-9-7-13(12-18)8-10-14/h7-11,15H,4-6H2,1-3H3. The van der Waals surface area contributed by atoms with Crippen LogP contribution in [0.25, 0.3) is 0 Å². The molecule has 1 unspecified atom stereocenters. The van der Waals surface area contributed by atoms with Crippen molar-refractivity contribution in [2.75, 3.05) is 0 Å². The molecule has 0 spiro atoms. The molecule has 1 aliphatic rings. The van der Waals surface area contributed by atoms with Gasteiger partial charge in [0.15, 0.2) is 0 Å². The maximum atomic E-state index is 8.83. The monoisotopic (exact) mass is 239 g/mol. The zero-order valence-electron chi connectivity index (χ0n) is 11.5. The minimum Gasteiger partial charge on any atom is -0.192 e. The first-order valence-electron chi connectivity index (χ1n) is 6.72. The summed E-state index contributed by atoms with van der Waals surface area (Å²) in [5.41, 5.74) is 3.94. The Balaban J connectivity index is 2.25. The summed E-state index contributed by atoms with van der Waals surface area (Å²) in [7, 11) is 0. The second-order valence-corrected chi connectivity index (χ2v) is 6.17. The number of nitrogens with zero attached hydrogens (tertiary/aromatic N) is 1. The van der Waals surface area contributed by atoms with E-state index in [0.717, 1.165) is 5.56 Å². The van der Waals surface area contributed by atoms with E-state index >= 15 is 0 Å². The first-order valence-corrected chi connectivity index (χ1v) is 6.72. The lowest BCUT2D eigenvalue weighted by Crippen LogP contribution is -2.14. The van der Waals surface area contributed by atoms with E-state index in [1.807, 2.05) is 12.1 Å². The third-order valence-corrected chi connectivity index (χ3v) is 3.79.